The number of aryl methyl sites for hydroxylation is 1. The Morgan fingerprint density at radius 1 is 1.14 bits per heavy atom. The topological polar surface area (TPSA) is 154 Å². The standard InChI is InChI=1S/C16H14N8O4/c1-11-2-4-12(5-3-11)22-16(19-20-21-22)8-9-17-18-14-7-6-13(23(25)26)10-15(14)24(27)28/h2-7,9-10,18H,8H2,1H3/b17-9+. The van der Waals surface area contributed by atoms with Gasteiger partial charge in [0.1, 0.15) is 5.69 Å². The van der Waals surface area contributed by atoms with E-state index in [1.165, 1.54) is 12.3 Å². The first-order valence-electron chi connectivity index (χ1n) is 8.00. The van der Waals surface area contributed by atoms with Gasteiger partial charge in [-0.3, -0.25) is 25.7 Å². The second-order valence-electron chi connectivity index (χ2n) is 5.69. The lowest BCUT2D eigenvalue weighted by atomic mass is 10.2. The van der Waals surface area contributed by atoms with Crippen LogP contribution in [-0.2, 0) is 6.42 Å². The molecule has 1 N–H and O–H groups in total. The molecule has 1 aromatic heterocycles. The van der Waals surface area contributed by atoms with E-state index in [4.69, 9.17) is 0 Å². The molecule has 0 unspecified atom stereocenters. The van der Waals surface area contributed by atoms with E-state index in [-0.39, 0.29) is 17.8 Å². The average Bonchev–Trinajstić information content (AvgIpc) is 3.14. The summed E-state index contributed by atoms with van der Waals surface area (Å²) in [5.74, 6) is 0.521. The summed E-state index contributed by atoms with van der Waals surface area (Å²) >= 11 is 0. The highest BCUT2D eigenvalue weighted by atomic mass is 16.6. The summed E-state index contributed by atoms with van der Waals surface area (Å²) in [5.41, 5.74) is 3.62. The van der Waals surface area contributed by atoms with Crippen molar-refractivity contribution in [2.45, 2.75) is 13.3 Å². The van der Waals surface area contributed by atoms with Crippen LogP contribution in [0.5, 0.6) is 0 Å². The van der Waals surface area contributed by atoms with E-state index in [2.05, 4.69) is 26.1 Å². The fraction of sp³-hybridized carbons (Fsp3) is 0.125. The summed E-state index contributed by atoms with van der Waals surface area (Å²) < 4.78 is 1.56. The Morgan fingerprint density at radius 3 is 2.57 bits per heavy atom. The highest BCUT2D eigenvalue weighted by Crippen LogP contribution is 2.28. The first-order chi connectivity index (χ1) is 13.5. The molecule has 0 bridgehead atoms. The van der Waals surface area contributed by atoms with E-state index < -0.39 is 15.5 Å². The SMILES string of the molecule is Cc1ccc(-n2nnnc2C/C=N/Nc2ccc([N+](=O)[O-])cc2[N+](=O)[O-])cc1. The Bertz CT molecular complexity index is 1050. The molecule has 0 saturated carbocycles. The number of nitrogens with one attached hydrogen (secondary N) is 1. The molecule has 0 spiro atoms. The van der Waals surface area contributed by atoms with Gasteiger partial charge in [-0.1, -0.05) is 17.7 Å². The zero-order valence-corrected chi connectivity index (χ0v) is 14.6. The van der Waals surface area contributed by atoms with E-state index in [0.717, 1.165) is 23.4 Å². The molecule has 0 amide bonds. The zero-order valence-electron chi connectivity index (χ0n) is 14.6. The number of benzene rings is 2. The van der Waals surface area contributed by atoms with Crippen LogP contribution in [0.2, 0.25) is 0 Å². The van der Waals surface area contributed by atoms with Crippen LogP contribution < -0.4 is 5.43 Å². The summed E-state index contributed by atoms with van der Waals surface area (Å²) in [5, 5.41) is 37.3. The van der Waals surface area contributed by atoms with Crippen LogP contribution in [0, 0.1) is 27.2 Å². The predicted octanol–water partition coefficient (Wildman–Crippen LogP) is 2.43. The molecule has 0 saturated heterocycles. The van der Waals surface area contributed by atoms with Crippen molar-refractivity contribution in [3.63, 3.8) is 0 Å². The number of nitro benzene ring substituents is 2. The van der Waals surface area contributed by atoms with Gasteiger partial charge in [0.15, 0.2) is 5.82 Å². The molecule has 0 aliphatic rings. The van der Waals surface area contributed by atoms with Gasteiger partial charge < -0.3 is 0 Å². The zero-order chi connectivity index (χ0) is 20.1. The Hall–Kier alpha value is -4.22. The minimum absolute atomic E-state index is 0.0324. The largest absolute Gasteiger partial charge is 0.301 e. The first-order valence-corrected chi connectivity index (χ1v) is 8.00. The lowest BCUT2D eigenvalue weighted by Crippen LogP contribution is -2.05. The fourth-order valence-corrected chi connectivity index (χ4v) is 2.34. The quantitative estimate of drug-likeness (QED) is 0.371. The smallest absolute Gasteiger partial charge is 0.272 e. The van der Waals surface area contributed by atoms with Crippen molar-refractivity contribution in [3.8, 4) is 5.69 Å². The van der Waals surface area contributed by atoms with Crippen LogP contribution in [0.25, 0.3) is 5.69 Å². The summed E-state index contributed by atoms with van der Waals surface area (Å²) in [6.45, 7) is 1.97. The van der Waals surface area contributed by atoms with E-state index in [1.807, 2.05) is 31.2 Å². The van der Waals surface area contributed by atoms with Crippen molar-refractivity contribution in [1.82, 2.24) is 20.2 Å². The highest BCUT2D eigenvalue weighted by molar-refractivity contribution is 5.68. The molecule has 0 aliphatic heterocycles. The summed E-state index contributed by atoms with van der Waals surface area (Å²) in [6, 6.07) is 10.9. The van der Waals surface area contributed by atoms with Crippen LogP contribution in [0.15, 0.2) is 47.6 Å². The van der Waals surface area contributed by atoms with Gasteiger partial charge in [0.05, 0.1) is 21.6 Å². The van der Waals surface area contributed by atoms with Crippen molar-refractivity contribution >= 4 is 23.3 Å². The first kappa shape index (κ1) is 18.6. The maximum absolute atomic E-state index is 11.1. The number of rotatable bonds is 7. The van der Waals surface area contributed by atoms with E-state index in [1.54, 1.807) is 4.68 Å². The third-order valence-corrected chi connectivity index (χ3v) is 3.75. The molecule has 3 aromatic rings. The molecule has 0 atom stereocenters. The molecular weight excluding hydrogens is 368 g/mol. The molecule has 3 rings (SSSR count). The Balaban J connectivity index is 1.72. The van der Waals surface area contributed by atoms with Crippen molar-refractivity contribution in [2.24, 2.45) is 5.10 Å². The number of hydrogen-bond donors (Lipinski definition) is 1. The Morgan fingerprint density at radius 2 is 1.89 bits per heavy atom. The molecule has 142 valence electrons. The summed E-state index contributed by atoms with van der Waals surface area (Å²) in [4.78, 5) is 20.4. The van der Waals surface area contributed by atoms with Gasteiger partial charge in [0.2, 0.25) is 0 Å². The Labute approximate surface area is 157 Å². The minimum atomic E-state index is -0.719. The number of tetrazole rings is 1. The van der Waals surface area contributed by atoms with Gasteiger partial charge >= 0.3 is 5.69 Å². The number of nitrogens with zero attached hydrogens (tertiary/aromatic N) is 7. The molecule has 0 radical (unpaired) electrons. The number of aromatic nitrogens is 4. The summed E-state index contributed by atoms with van der Waals surface area (Å²) in [6.07, 6.45) is 1.70. The van der Waals surface area contributed by atoms with Crippen LogP contribution in [0.4, 0.5) is 17.1 Å². The Kier molecular flexibility index (Phi) is 5.30. The van der Waals surface area contributed by atoms with Crippen LogP contribution in [-0.4, -0.2) is 36.3 Å². The second-order valence-corrected chi connectivity index (χ2v) is 5.69. The number of hydrazone groups is 1. The predicted molar refractivity (Wildman–Crippen MR) is 99.5 cm³/mol. The van der Waals surface area contributed by atoms with Crippen LogP contribution in [0.1, 0.15) is 11.4 Å². The molecule has 0 aliphatic carbocycles. The molecule has 2 aromatic carbocycles. The van der Waals surface area contributed by atoms with E-state index in [0.29, 0.717) is 5.82 Å². The number of nitro groups is 2. The van der Waals surface area contributed by atoms with Gasteiger partial charge in [-0.25, -0.2) is 0 Å². The molecule has 0 fully saturated rings. The average molecular weight is 382 g/mol. The van der Waals surface area contributed by atoms with Gasteiger partial charge in [-0.15, -0.1) is 5.10 Å². The maximum Gasteiger partial charge on any atom is 0.301 e. The lowest BCUT2D eigenvalue weighted by molar-refractivity contribution is -0.393. The highest BCUT2D eigenvalue weighted by Gasteiger charge is 2.19. The minimum Gasteiger partial charge on any atom is -0.272 e. The van der Waals surface area contributed by atoms with Crippen LogP contribution in [0.3, 0.4) is 0 Å². The normalized spacial score (nSPS) is 10.9. The number of non-ortho nitro benzene ring substituents is 1. The molecule has 1 heterocycles. The van der Waals surface area contributed by atoms with Crippen LogP contribution >= 0.6 is 0 Å². The second kappa shape index (κ2) is 7.99. The number of hydrogen-bond acceptors (Lipinski definition) is 9. The van der Waals surface area contributed by atoms with Gasteiger partial charge in [-0.05, 0) is 35.5 Å². The summed E-state index contributed by atoms with van der Waals surface area (Å²) in [7, 11) is 0. The third-order valence-electron chi connectivity index (χ3n) is 3.75. The molecular formula is C16H14N8O4. The monoisotopic (exact) mass is 382 g/mol. The van der Waals surface area contributed by atoms with Crippen molar-refractivity contribution < 1.29 is 9.85 Å². The maximum atomic E-state index is 11.1. The van der Waals surface area contributed by atoms with Gasteiger partial charge in [-0.2, -0.15) is 9.78 Å². The number of anilines is 1. The van der Waals surface area contributed by atoms with Crippen molar-refractivity contribution in [3.05, 3.63) is 74.1 Å². The molecule has 12 heteroatoms. The lowest BCUT2D eigenvalue weighted by Gasteiger charge is -2.03. The van der Waals surface area contributed by atoms with Crippen molar-refractivity contribution in [1.29, 1.82) is 0 Å². The van der Waals surface area contributed by atoms with E-state index in [9.17, 15) is 20.2 Å². The van der Waals surface area contributed by atoms with Gasteiger partial charge in [0.25, 0.3) is 5.69 Å². The van der Waals surface area contributed by atoms with Crippen molar-refractivity contribution in [2.75, 3.05) is 5.43 Å². The van der Waals surface area contributed by atoms with E-state index >= 15 is 0 Å². The van der Waals surface area contributed by atoms with Gasteiger partial charge in [0, 0.05) is 18.7 Å². The fourth-order valence-electron chi connectivity index (χ4n) is 2.34. The molecule has 12 nitrogen and oxygen atoms in total. The third kappa shape index (κ3) is 4.12. The molecule has 28 heavy (non-hydrogen) atoms.